The number of sulfonamides is 1. The van der Waals surface area contributed by atoms with Crippen LogP contribution in [0.1, 0.15) is 38.5 Å². The molecule has 0 aromatic carbocycles. The molecule has 0 unspecified atom stereocenters. The lowest BCUT2D eigenvalue weighted by Crippen LogP contribution is -2.29. The molecule has 0 bridgehead atoms. The molecule has 2 heterocycles. The lowest BCUT2D eigenvalue weighted by atomic mass is 10.2. The first-order valence-electron chi connectivity index (χ1n) is 7.45. The van der Waals surface area contributed by atoms with E-state index in [1.165, 1.54) is 25.7 Å². The number of rotatable bonds is 4. The molecule has 1 aromatic rings. The van der Waals surface area contributed by atoms with Crippen LogP contribution in [0.25, 0.3) is 0 Å². The SMILES string of the molecule is O=S(=O)(c1ccc(NC2CCCC2)[nH+]c1)N1CCCC1. The second kappa shape index (κ2) is 5.69. The van der Waals surface area contributed by atoms with E-state index in [-0.39, 0.29) is 0 Å². The van der Waals surface area contributed by atoms with Gasteiger partial charge in [0.05, 0.1) is 6.04 Å². The number of anilines is 1. The quantitative estimate of drug-likeness (QED) is 0.918. The smallest absolute Gasteiger partial charge is 0.272 e. The van der Waals surface area contributed by atoms with Gasteiger partial charge in [-0.15, -0.1) is 0 Å². The Hall–Kier alpha value is -1.14. The molecule has 110 valence electrons. The molecule has 0 amide bonds. The number of hydrogen-bond donors (Lipinski definition) is 1. The van der Waals surface area contributed by atoms with E-state index >= 15 is 0 Å². The third-order valence-corrected chi connectivity index (χ3v) is 6.10. The highest BCUT2D eigenvalue weighted by Gasteiger charge is 2.28. The molecule has 5 nitrogen and oxygen atoms in total. The summed E-state index contributed by atoms with van der Waals surface area (Å²) in [6.45, 7) is 1.29. The van der Waals surface area contributed by atoms with Crippen LogP contribution >= 0.6 is 0 Å². The molecule has 1 aliphatic heterocycles. The molecule has 1 aliphatic carbocycles. The van der Waals surface area contributed by atoms with E-state index < -0.39 is 10.0 Å². The summed E-state index contributed by atoms with van der Waals surface area (Å²) in [6, 6.07) is 4.05. The largest absolute Gasteiger partial charge is 0.272 e. The average molecular weight is 296 g/mol. The van der Waals surface area contributed by atoms with Gasteiger partial charge in [0.25, 0.3) is 5.82 Å². The summed E-state index contributed by atoms with van der Waals surface area (Å²) in [5.74, 6) is 0.900. The molecular weight excluding hydrogens is 274 g/mol. The van der Waals surface area contributed by atoms with Crippen LogP contribution in [0.2, 0.25) is 0 Å². The minimum absolute atomic E-state index is 0.358. The fourth-order valence-electron chi connectivity index (χ4n) is 3.03. The topological polar surface area (TPSA) is 63.6 Å². The van der Waals surface area contributed by atoms with Crippen molar-refractivity contribution in [2.75, 3.05) is 18.4 Å². The lowest BCUT2D eigenvalue weighted by Gasteiger charge is -2.14. The molecule has 1 aromatic heterocycles. The summed E-state index contributed by atoms with van der Waals surface area (Å²) < 4.78 is 26.3. The van der Waals surface area contributed by atoms with Crippen LogP contribution in [0.5, 0.6) is 0 Å². The molecule has 3 rings (SSSR count). The van der Waals surface area contributed by atoms with E-state index in [0.29, 0.717) is 24.0 Å². The minimum atomic E-state index is -3.31. The van der Waals surface area contributed by atoms with E-state index in [1.807, 2.05) is 6.07 Å². The van der Waals surface area contributed by atoms with Crippen molar-refractivity contribution in [1.29, 1.82) is 0 Å². The van der Waals surface area contributed by atoms with Crippen molar-refractivity contribution in [3.8, 4) is 0 Å². The second-order valence-electron chi connectivity index (χ2n) is 5.67. The zero-order chi connectivity index (χ0) is 14.0. The van der Waals surface area contributed by atoms with Crippen LogP contribution in [-0.4, -0.2) is 31.9 Å². The standard InChI is InChI=1S/C14H21N3O2S/c18-20(19,17-9-3-4-10-17)13-7-8-14(15-11-13)16-12-5-1-2-6-12/h7-8,11-12H,1-6,9-10H2,(H,15,16)/p+1. The third-order valence-electron chi connectivity index (χ3n) is 4.20. The first-order valence-corrected chi connectivity index (χ1v) is 8.89. The fraction of sp³-hybridized carbons (Fsp3) is 0.643. The van der Waals surface area contributed by atoms with Crippen LogP contribution in [0, 0.1) is 0 Å². The highest BCUT2D eigenvalue weighted by atomic mass is 32.2. The van der Waals surface area contributed by atoms with Gasteiger partial charge in [-0.1, -0.05) is 0 Å². The first-order chi connectivity index (χ1) is 9.66. The molecule has 1 saturated heterocycles. The Morgan fingerprint density at radius 3 is 2.40 bits per heavy atom. The predicted octanol–water partition coefficient (Wildman–Crippen LogP) is 1.64. The summed E-state index contributed by atoms with van der Waals surface area (Å²) in [6.07, 6.45) is 8.47. The van der Waals surface area contributed by atoms with Crippen molar-refractivity contribution >= 4 is 15.8 Å². The molecule has 2 fully saturated rings. The van der Waals surface area contributed by atoms with Crippen molar-refractivity contribution in [2.45, 2.75) is 49.5 Å². The normalized spacial score (nSPS) is 21.4. The predicted molar refractivity (Wildman–Crippen MR) is 76.9 cm³/mol. The summed E-state index contributed by atoms with van der Waals surface area (Å²) >= 11 is 0. The van der Waals surface area contributed by atoms with Gasteiger partial charge in [-0.05, 0) is 44.6 Å². The monoisotopic (exact) mass is 296 g/mol. The number of aromatic nitrogens is 1. The molecule has 0 spiro atoms. The minimum Gasteiger partial charge on any atom is -0.272 e. The van der Waals surface area contributed by atoms with Gasteiger partial charge < -0.3 is 0 Å². The Kier molecular flexibility index (Phi) is 3.94. The van der Waals surface area contributed by atoms with Crippen LogP contribution < -0.4 is 10.3 Å². The Morgan fingerprint density at radius 1 is 1.10 bits per heavy atom. The molecule has 0 radical (unpaired) electrons. The van der Waals surface area contributed by atoms with Gasteiger partial charge in [0.1, 0.15) is 11.1 Å². The lowest BCUT2D eigenvalue weighted by molar-refractivity contribution is -0.364. The van der Waals surface area contributed by atoms with Crippen LogP contribution in [-0.2, 0) is 10.0 Å². The van der Waals surface area contributed by atoms with Gasteiger partial charge in [0, 0.05) is 19.2 Å². The Bertz CT molecular complexity index is 544. The molecule has 2 N–H and O–H groups in total. The highest BCUT2D eigenvalue weighted by molar-refractivity contribution is 7.89. The van der Waals surface area contributed by atoms with Crippen molar-refractivity contribution in [2.24, 2.45) is 0 Å². The Labute approximate surface area is 120 Å². The molecule has 1 saturated carbocycles. The van der Waals surface area contributed by atoms with Crippen molar-refractivity contribution in [3.63, 3.8) is 0 Å². The zero-order valence-electron chi connectivity index (χ0n) is 11.6. The van der Waals surface area contributed by atoms with Gasteiger partial charge in [0.15, 0.2) is 0 Å². The number of pyridine rings is 1. The highest BCUT2D eigenvalue weighted by Crippen LogP contribution is 2.22. The molecule has 20 heavy (non-hydrogen) atoms. The van der Waals surface area contributed by atoms with Gasteiger partial charge in [-0.25, -0.2) is 13.4 Å². The number of nitrogens with one attached hydrogen (secondary N) is 2. The van der Waals surface area contributed by atoms with Crippen LogP contribution in [0.3, 0.4) is 0 Å². The number of H-pyrrole nitrogens is 1. The van der Waals surface area contributed by atoms with E-state index in [0.717, 1.165) is 18.7 Å². The van der Waals surface area contributed by atoms with Gasteiger partial charge in [-0.2, -0.15) is 4.31 Å². The van der Waals surface area contributed by atoms with Gasteiger partial charge >= 0.3 is 0 Å². The van der Waals surface area contributed by atoms with Gasteiger partial charge in [-0.3, -0.25) is 5.32 Å². The zero-order valence-corrected chi connectivity index (χ0v) is 12.5. The van der Waals surface area contributed by atoms with Crippen molar-refractivity contribution in [1.82, 2.24) is 4.31 Å². The summed E-state index contributed by atoms with van der Waals surface area (Å²) in [5, 5.41) is 3.43. The fourth-order valence-corrected chi connectivity index (χ4v) is 4.51. The second-order valence-corrected chi connectivity index (χ2v) is 7.61. The van der Waals surface area contributed by atoms with Crippen molar-refractivity contribution in [3.05, 3.63) is 18.3 Å². The van der Waals surface area contributed by atoms with E-state index in [4.69, 9.17) is 0 Å². The molecule has 0 atom stereocenters. The molecule has 2 aliphatic rings. The summed E-state index contributed by atoms with van der Waals surface area (Å²) in [5.41, 5.74) is 0. The Balaban J connectivity index is 1.71. The maximum absolute atomic E-state index is 12.4. The van der Waals surface area contributed by atoms with Crippen molar-refractivity contribution < 1.29 is 13.4 Å². The van der Waals surface area contributed by atoms with E-state index in [9.17, 15) is 8.42 Å². The van der Waals surface area contributed by atoms with Crippen LogP contribution in [0.15, 0.2) is 23.2 Å². The molecular formula is C14H22N3O2S+. The van der Waals surface area contributed by atoms with Crippen LogP contribution in [0.4, 0.5) is 5.82 Å². The number of nitrogens with zero attached hydrogens (tertiary/aromatic N) is 1. The average Bonchev–Trinajstić information content (AvgIpc) is 3.12. The number of hydrogen-bond acceptors (Lipinski definition) is 3. The summed E-state index contributed by atoms with van der Waals surface area (Å²) in [4.78, 5) is 3.43. The number of aromatic amines is 1. The first kappa shape index (κ1) is 13.8. The van der Waals surface area contributed by atoms with Gasteiger partial charge in [0.2, 0.25) is 10.0 Å². The third kappa shape index (κ3) is 2.81. The van der Waals surface area contributed by atoms with E-state index in [1.54, 1.807) is 16.6 Å². The maximum Gasteiger partial charge on any atom is 0.272 e. The Morgan fingerprint density at radius 2 is 1.80 bits per heavy atom. The maximum atomic E-state index is 12.4. The summed E-state index contributed by atoms with van der Waals surface area (Å²) in [7, 11) is -3.31. The van der Waals surface area contributed by atoms with E-state index in [2.05, 4.69) is 10.3 Å². The molecule has 6 heteroatoms.